The van der Waals surface area contributed by atoms with E-state index in [-0.39, 0.29) is 11.9 Å². The average molecular weight is 252 g/mol. The van der Waals surface area contributed by atoms with Gasteiger partial charge in [-0.2, -0.15) is 0 Å². The van der Waals surface area contributed by atoms with E-state index in [1.165, 1.54) is 23.5 Å². The van der Waals surface area contributed by atoms with Crippen LogP contribution in [0.5, 0.6) is 5.75 Å². The van der Waals surface area contributed by atoms with E-state index in [2.05, 4.69) is 4.98 Å². The van der Waals surface area contributed by atoms with Crippen LogP contribution in [0.4, 0.5) is 4.39 Å². The summed E-state index contributed by atoms with van der Waals surface area (Å²) < 4.78 is 18.4. The van der Waals surface area contributed by atoms with E-state index in [1.54, 1.807) is 13.2 Å². The molecule has 0 aliphatic rings. The summed E-state index contributed by atoms with van der Waals surface area (Å²) in [6.45, 7) is 1.86. The molecule has 2 aromatic rings. The smallest absolute Gasteiger partial charge is 0.129 e. The van der Waals surface area contributed by atoms with Crippen LogP contribution in [0.25, 0.3) is 10.6 Å². The Morgan fingerprint density at radius 3 is 2.82 bits per heavy atom. The molecule has 0 aliphatic carbocycles. The minimum absolute atomic E-state index is 0.125. The van der Waals surface area contributed by atoms with Crippen LogP contribution in [0.1, 0.15) is 18.7 Å². The van der Waals surface area contributed by atoms with Crippen molar-refractivity contribution in [3.63, 3.8) is 0 Å². The highest BCUT2D eigenvalue weighted by Gasteiger charge is 2.12. The summed E-state index contributed by atoms with van der Waals surface area (Å²) in [4.78, 5) is 4.38. The number of benzene rings is 1. The molecule has 0 radical (unpaired) electrons. The van der Waals surface area contributed by atoms with Crippen LogP contribution in [-0.4, -0.2) is 12.1 Å². The molecular weight excluding hydrogens is 239 g/mol. The van der Waals surface area contributed by atoms with Crippen LogP contribution >= 0.6 is 11.3 Å². The quantitative estimate of drug-likeness (QED) is 0.913. The number of ether oxygens (including phenoxy) is 1. The number of rotatable bonds is 3. The van der Waals surface area contributed by atoms with Crippen molar-refractivity contribution in [2.75, 3.05) is 7.11 Å². The number of nitrogens with two attached hydrogens (primary N) is 1. The molecule has 2 rings (SSSR count). The molecule has 2 N–H and O–H groups in total. The number of hydrogen-bond donors (Lipinski definition) is 1. The Morgan fingerprint density at radius 2 is 2.24 bits per heavy atom. The van der Waals surface area contributed by atoms with Gasteiger partial charge in [-0.25, -0.2) is 9.37 Å². The molecule has 0 aliphatic heterocycles. The highest BCUT2D eigenvalue weighted by molar-refractivity contribution is 7.13. The third kappa shape index (κ3) is 2.45. The van der Waals surface area contributed by atoms with Gasteiger partial charge < -0.3 is 10.5 Å². The lowest BCUT2D eigenvalue weighted by molar-refractivity contribution is 0.415. The fraction of sp³-hybridized carbons (Fsp3) is 0.250. The second-order valence-electron chi connectivity index (χ2n) is 3.71. The van der Waals surface area contributed by atoms with E-state index in [0.717, 1.165) is 5.69 Å². The predicted octanol–water partition coefficient (Wildman–Crippen LogP) is 2.98. The zero-order chi connectivity index (χ0) is 12.4. The maximum absolute atomic E-state index is 13.2. The van der Waals surface area contributed by atoms with Crippen molar-refractivity contribution in [3.8, 4) is 16.3 Å². The number of aromatic nitrogens is 1. The Balaban J connectivity index is 2.47. The van der Waals surface area contributed by atoms with Crippen molar-refractivity contribution in [2.24, 2.45) is 5.73 Å². The van der Waals surface area contributed by atoms with Gasteiger partial charge in [-0.05, 0) is 25.1 Å². The molecule has 0 saturated heterocycles. The average Bonchev–Trinajstić information content (AvgIpc) is 2.78. The predicted molar refractivity (Wildman–Crippen MR) is 66.7 cm³/mol. The standard InChI is InChI=1S/C12H13FN2OS/c1-7(14)10-6-17-12(15-10)9-5-8(13)3-4-11(9)16-2/h3-7H,14H2,1-2H3. The van der Waals surface area contributed by atoms with E-state index in [9.17, 15) is 4.39 Å². The molecule has 5 heteroatoms. The normalized spacial score (nSPS) is 12.5. The SMILES string of the molecule is COc1ccc(F)cc1-c1nc(C(C)N)cs1. The maximum Gasteiger partial charge on any atom is 0.129 e. The monoisotopic (exact) mass is 252 g/mol. The second kappa shape index (κ2) is 4.81. The van der Waals surface area contributed by atoms with Crippen molar-refractivity contribution in [1.82, 2.24) is 4.98 Å². The lowest BCUT2D eigenvalue weighted by atomic mass is 10.2. The first kappa shape index (κ1) is 12.0. The molecule has 0 bridgehead atoms. The lowest BCUT2D eigenvalue weighted by Gasteiger charge is -2.05. The summed E-state index contributed by atoms with van der Waals surface area (Å²) in [5, 5.41) is 2.60. The number of methoxy groups -OCH3 is 1. The van der Waals surface area contributed by atoms with Gasteiger partial charge in [0.05, 0.1) is 18.4 Å². The molecule has 17 heavy (non-hydrogen) atoms. The summed E-state index contributed by atoms with van der Waals surface area (Å²) in [6, 6.07) is 4.25. The zero-order valence-corrected chi connectivity index (χ0v) is 10.4. The summed E-state index contributed by atoms with van der Waals surface area (Å²) in [7, 11) is 1.55. The van der Waals surface area contributed by atoms with Gasteiger partial charge in [0.15, 0.2) is 0 Å². The van der Waals surface area contributed by atoms with Gasteiger partial charge in [0.1, 0.15) is 16.6 Å². The molecule has 1 aromatic heterocycles. The minimum Gasteiger partial charge on any atom is -0.496 e. The third-order valence-corrected chi connectivity index (χ3v) is 3.27. The highest BCUT2D eigenvalue weighted by atomic mass is 32.1. The van der Waals surface area contributed by atoms with Crippen molar-refractivity contribution >= 4 is 11.3 Å². The van der Waals surface area contributed by atoms with Crippen molar-refractivity contribution in [3.05, 3.63) is 35.1 Å². The Hall–Kier alpha value is -1.46. The first-order valence-corrected chi connectivity index (χ1v) is 6.04. The fourth-order valence-electron chi connectivity index (χ4n) is 1.47. The number of halogens is 1. The first-order valence-electron chi connectivity index (χ1n) is 5.16. The first-order chi connectivity index (χ1) is 8.11. The summed E-state index contributed by atoms with van der Waals surface area (Å²) in [5.41, 5.74) is 7.20. The van der Waals surface area contributed by atoms with Crippen LogP contribution in [0, 0.1) is 5.82 Å². The number of thiazole rings is 1. The minimum atomic E-state index is -0.307. The largest absolute Gasteiger partial charge is 0.496 e. The summed E-state index contributed by atoms with van der Waals surface area (Å²) >= 11 is 1.43. The highest BCUT2D eigenvalue weighted by Crippen LogP contribution is 2.33. The molecule has 0 fully saturated rings. The molecule has 1 unspecified atom stereocenters. The van der Waals surface area contributed by atoms with Gasteiger partial charge >= 0.3 is 0 Å². The Kier molecular flexibility index (Phi) is 3.40. The lowest BCUT2D eigenvalue weighted by Crippen LogP contribution is -2.04. The van der Waals surface area contributed by atoms with Gasteiger partial charge in [-0.1, -0.05) is 0 Å². The van der Waals surface area contributed by atoms with E-state index < -0.39 is 0 Å². The molecular formula is C12H13FN2OS. The van der Waals surface area contributed by atoms with Crippen LogP contribution in [-0.2, 0) is 0 Å². The van der Waals surface area contributed by atoms with E-state index >= 15 is 0 Å². The topological polar surface area (TPSA) is 48.1 Å². The molecule has 1 heterocycles. The molecule has 0 amide bonds. The van der Waals surface area contributed by atoms with Gasteiger partial charge in [-0.3, -0.25) is 0 Å². The van der Waals surface area contributed by atoms with E-state index in [1.807, 2.05) is 12.3 Å². The van der Waals surface area contributed by atoms with E-state index in [0.29, 0.717) is 16.3 Å². The Morgan fingerprint density at radius 1 is 1.47 bits per heavy atom. The Labute approximate surface area is 103 Å². The Bertz CT molecular complexity index is 525. The van der Waals surface area contributed by atoms with Gasteiger partial charge in [0, 0.05) is 11.4 Å². The fourth-order valence-corrected chi connectivity index (χ4v) is 2.41. The second-order valence-corrected chi connectivity index (χ2v) is 4.57. The molecule has 0 saturated carbocycles. The third-order valence-electron chi connectivity index (χ3n) is 2.38. The zero-order valence-electron chi connectivity index (χ0n) is 9.61. The molecule has 3 nitrogen and oxygen atoms in total. The van der Waals surface area contributed by atoms with Crippen LogP contribution in [0.15, 0.2) is 23.6 Å². The number of hydrogen-bond acceptors (Lipinski definition) is 4. The van der Waals surface area contributed by atoms with Crippen molar-refractivity contribution < 1.29 is 9.13 Å². The van der Waals surface area contributed by atoms with Gasteiger partial charge in [0.25, 0.3) is 0 Å². The van der Waals surface area contributed by atoms with Crippen molar-refractivity contribution in [1.29, 1.82) is 0 Å². The van der Waals surface area contributed by atoms with Crippen LogP contribution < -0.4 is 10.5 Å². The molecule has 1 aromatic carbocycles. The van der Waals surface area contributed by atoms with E-state index in [4.69, 9.17) is 10.5 Å². The van der Waals surface area contributed by atoms with Gasteiger partial charge in [0.2, 0.25) is 0 Å². The van der Waals surface area contributed by atoms with Crippen LogP contribution in [0.2, 0.25) is 0 Å². The summed E-state index contributed by atoms with van der Waals surface area (Å²) in [6.07, 6.45) is 0. The van der Waals surface area contributed by atoms with Crippen molar-refractivity contribution in [2.45, 2.75) is 13.0 Å². The van der Waals surface area contributed by atoms with Crippen LogP contribution in [0.3, 0.4) is 0 Å². The van der Waals surface area contributed by atoms with Gasteiger partial charge in [-0.15, -0.1) is 11.3 Å². The number of nitrogens with zero attached hydrogens (tertiary/aromatic N) is 1. The summed E-state index contributed by atoms with van der Waals surface area (Å²) in [5.74, 6) is 0.301. The molecule has 90 valence electrons. The molecule has 0 spiro atoms. The maximum atomic E-state index is 13.2. The molecule has 1 atom stereocenters.